The Morgan fingerprint density at radius 2 is 1.79 bits per heavy atom. The van der Waals surface area contributed by atoms with Crippen LogP contribution in [0.2, 0.25) is 0 Å². The minimum absolute atomic E-state index is 0.631. The Hall–Kier alpha value is -1.50. The second kappa shape index (κ2) is 6.60. The summed E-state index contributed by atoms with van der Waals surface area (Å²) in [7, 11) is 0. The van der Waals surface area contributed by atoms with Gasteiger partial charge in [-0.25, -0.2) is 0 Å². The normalized spacial score (nSPS) is 19.1. The van der Waals surface area contributed by atoms with Crippen LogP contribution in [0.3, 0.4) is 0 Å². The van der Waals surface area contributed by atoms with Gasteiger partial charge in [-0.15, -0.1) is 0 Å². The molecule has 0 N–H and O–H groups in total. The Labute approximate surface area is 117 Å². The maximum atomic E-state index is 2.48. The molecule has 19 heavy (non-hydrogen) atoms. The van der Waals surface area contributed by atoms with Crippen LogP contribution in [0.5, 0.6) is 0 Å². The van der Waals surface area contributed by atoms with Crippen molar-refractivity contribution >= 4 is 5.69 Å². The Morgan fingerprint density at radius 3 is 2.37 bits per heavy atom. The van der Waals surface area contributed by atoms with E-state index in [1.807, 2.05) is 0 Å². The van der Waals surface area contributed by atoms with E-state index in [-0.39, 0.29) is 0 Å². The molecule has 0 fully saturated rings. The molecule has 102 valence electrons. The average Bonchev–Trinajstić information content (AvgIpc) is 2.48. The van der Waals surface area contributed by atoms with Gasteiger partial charge in [0.2, 0.25) is 0 Å². The molecule has 1 atom stereocenters. The van der Waals surface area contributed by atoms with Gasteiger partial charge in [0.1, 0.15) is 0 Å². The first-order valence-electron chi connectivity index (χ1n) is 7.55. The predicted molar refractivity (Wildman–Crippen MR) is 84.1 cm³/mol. The van der Waals surface area contributed by atoms with Gasteiger partial charge in [-0.2, -0.15) is 0 Å². The van der Waals surface area contributed by atoms with Crippen molar-refractivity contribution in [1.29, 1.82) is 0 Å². The molecule has 0 saturated heterocycles. The van der Waals surface area contributed by atoms with E-state index in [1.54, 1.807) is 5.57 Å². The zero-order valence-corrected chi connectivity index (χ0v) is 12.4. The SMILES string of the molecule is CCCC1=CC(CC)C(CC)=CN1c1ccccc1. The van der Waals surface area contributed by atoms with Crippen LogP contribution >= 0.6 is 0 Å². The number of allylic oxidation sites excluding steroid dienone is 3. The average molecular weight is 255 g/mol. The Morgan fingerprint density at radius 1 is 1.05 bits per heavy atom. The quantitative estimate of drug-likeness (QED) is 0.670. The molecule has 1 aromatic carbocycles. The lowest BCUT2D eigenvalue weighted by Gasteiger charge is -2.32. The van der Waals surface area contributed by atoms with Crippen molar-refractivity contribution in [3.05, 3.63) is 53.9 Å². The fourth-order valence-corrected chi connectivity index (χ4v) is 2.79. The molecular weight excluding hydrogens is 230 g/mol. The molecule has 1 aromatic rings. The monoisotopic (exact) mass is 255 g/mol. The summed E-state index contributed by atoms with van der Waals surface area (Å²) in [5.41, 5.74) is 4.28. The molecule has 1 unspecified atom stereocenters. The van der Waals surface area contributed by atoms with E-state index in [4.69, 9.17) is 0 Å². The van der Waals surface area contributed by atoms with Crippen molar-refractivity contribution in [2.24, 2.45) is 5.92 Å². The molecule has 0 radical (unpaired) electrons. The highest BCUT2D eigenvalue weighted by Crippen LogP contribution is 2.33. The summed E-state index contributed by atoms with van der Waals surface area (Å²) in [5, 5.41) is 0. The van der Waals surface area contributed by atoms with Gasteiger partial charge in [0, 0.05) is 23.5 Å². The van der Waals surface area contributed by atoms with E-state index < -0.39 is 0 Å². The number of hydrogen-bond donors (Lipinski definition) is 0. The number of nitrogens with zero attached hydrogens (tertiary/aromatic N) is 1. The molecule has 1 aliphatic heterocycles. The van der Waals surface area contributed by atoms with Gasteiger partial charge in [0.15, 0.2) is 0 Å². The van der Waals surface area contributed by atoms with Crippen LogP contribution in [-0.4, -0.2) is 0 Å². The lowest BCUT2D eigenvalue weighted by Crippen LogP contribution is -2.23. The third-order valence-corrected chi connectivity index (χ3v) is 3.86. The number of para-hydroxylation sites is 1. The summed E-state index contributed by atoms with van der Waals surface area (Å²) in [4.78, 5) is 2.38. The third-order valence-electron chi connectivity index (χ3n) is 3.86. The summed E-state index contributed by atoms with van der Waals surface area (Å²) >= 11 is 0. The van der Waals surface area contributed by atoms with Crippen LogP contribution in [0.4, 0.5) is 5.69 Å². The zero-order chi connectivity index (χ0) is 13.7. The molecular formula is C18H25N. The number of rotatable bonds is 5. The largest absolute Gasteiger partial charge is 0.321 e. The van der Waals surface area contributed by atoms with Gasteiger partial charge < -0.3 is 4.90 Å². The summed E-state index contributed by atoms with van der Waals surface area (Å²) < 4.78 is 0. The lowest BCUT2D eigenvalue weighted by molar-refractivity contribution is 0.664. The van der Waals surface area contributed by atoms with Gasteiger partial charge in [-0.1, -0.05) is 51.5 Å². The van der Waals surface area contributed by atoms with E-state index in [9.17, 15) is 0 Å². The van der Waals surface area contributed by atoms with E-state index in [2.05, 4.69) is 68.3 Å². The fourth-order valence-electron chi connectivity index (χ4n) is 2.79. The smallest absolute Gasteiger partial charge is 0.0452 e. The molecule has 0 aromatic heterocycles. The summed E-state index contributed by atoms with van der Waals surface area (Å²) in [6.07, 6.45) is 9.54. The number of benzene rings is 1. The van der Waals surface area contributed by atoms with Gasteiger partial charge >= 0.3 is 0 Å². The minimum Gasteiger partial charge on any atom is -0.321 e. The van der Waals surface area contributed by atoms with Crippen molar-refractivity contribution in [2.75, 3.05) is 4.90 Å². The Balaban J connectivity index is 2.36. The second-order valence-corrected chi connectivity index (χ2v) is 5.19. The molecule has 0 spiro atoms. The standard InChI is InChI=1S/C18H25N/c1-4-10-18-13-15(5-2)16(6-3)14-19(18)17-11-8-7-9-12-17/h7-9,11-15H,4-6,10H2,1-3H3. The highest BCUT2D eigenvalue weighted by molar-refractivity contribution is 5.57. The predicted octanol–water partition coefficient (Wildman–Crippen LogP) is 5.51. The van der Waals surface area contributed by atoms with Crippen LogP contribution < -0.4 is 4.90 Å². The Bertz CT molecular complexity index is 456. The van der Waals surface area contributed by atoms with Crippen LogP contribution in [0, 0.1) is 5.92 Å². The molecule has 1 aliphatic rings. The van der Waals surface area contributed by atoms with Crippen molar-refractivity contribution in [3.8, 4) is 0 Å². The highest BCUT2D eigenvalue weighted by Gasteiger charge is 2.20. The fraction of sp³-hybridized carbons (Fsp3) is 0.444. The van der Waals surface area contributed by atoms with E-state index >= 15 is 0 Å². The molecule has 1 nitrogen and oxygen atoms in total. The van der Waals surface area contributed by atoms with Gasteiger partial charge in [0.25, 0.3) is 0 Å². The van der Waals surface area contributed by atoms with Crippen LogP contribution in [0.15, 0.2) is 53.9 Å². The topological polar surface area (TPSA) is 3.24 Å². The number of anilines is 1. The second-order valence-electron chi connectivity index (χ2n) is 5.19. The first kappa shape index (κ1) is 13.9. The van der Waals surface area contributed by atoms with Crippen LogP contribution in [0.25, 0.3) is 0 Å². The zero-order valence-electron chi connectivity index (χ0n) is 12.4. The highest BCUT2D eigenvalue weighted by atomic mass is 15.1. The molecule has 2 rings (SSSR count). The van der Waals surface area contributed by atoms with E-state index in [0.717, 1.165) is 12.8 Å². The van der Waals surface area contributed by atoms with Crippen molar-refractivity contribution in [2.45, 2.75) is 46.5 Å². The van der Waals surface area contributed by atoms with Crippen LogP contribution in [0.1, 0.15) is 46.5 Å². The maximum Gasteiger partial charge on any atom is 0.0452 e. The van der Waals surface area contributed by atoms with Crippen molar-refractivity contribution in [1.82, 2.24) is 0 Å². The number of hydrogen-bond acceptors (Lipinski definition) is 1. The van der Waals surface area contributed by atoms with Gasteiger partial charge in [-0.3, -0.25) is 0 Å². The van der Waals surface area contributed by atoms with Gasteiger partial charge in [-0.05, 0) is 37.0 Å². The van der Waals surface area contributed by atoms with E-state index in [0.29, 0.717) is 5.92 Å². The molecule has 0 amide bonds. The lowest BCUT2D eigenvalue weighted by atomic mass is 9.90. The maximum absolute atomic E-state index is 2.48. The third kappa shape index (κ3) is 3.09. The van der Waals surface area contributed by atoms with Crippen LogP contribution in [-0.2, 0) is 0 Å². The molecule has 1 heterocycles. The minimum atomic E-state index is 0.631. The summed E-state index contributed by atoms with van der Waals surface area (Å²) in [6.45, 7) is 6.80. The van der Waals surface area contributed by atoms with Gasteiger partial charge in [0.05, 0.1) is 0 Å². The molecule has 0 saturated carbocycles. The summed E-state index contributed by atoms with van der Waals surface area (Å²) in [5.74, 6) is 0.631. The summed E-state index contributed by atoms with van der Waals surface area (Å²) in [6, 6.07) is 10.7. The first-order valence-corrected chi connectivity index (χ1v) is 7.55. The molecule has 0 aliphatic carbocycles. The molecule has 0 bridgehead atoms. The van der Waals surface area contributed by atoms with E-state index in [1.165, 1.54) is 24.2 Å². The van der Waals surface area contributed by atoms with Crippen molar-refractivity contribution < 1.29 is 0 Å². The van der Waals surface area contributed by atoms with Crippen molar-refractivity contribution in [3.63, 3.8) is 0 Å². The Kier molecular flexibility index (Phi) is 4.84. The first-order chi connectivity index (χ1) is 9.30. The molecule has 1 heteroatoms.